The molecule has 4 rings (SSSR count). The van der Waals surface area contributed by atoms with Gasteiger partial charge in [-0.1, -0.05) is 30.7 Å². The van der Waals surface area contributed by atoms with Crippen LogP contribution in [0.5, 0.6) is 5.75 Å². The number of ether oxygens (including phenoxy) is 1. The van der Waals surface area contributed by atoms with E-state index < -0.39 is 10.0 Å². The highest BCUT2D eigenvalue weighted by atomic mass is 32.2. The molecule has 1 N–H and O–H groups in total. The molecule has 0 aromatic heterocycles. The fourth-order valence-corrected chi connectivity index (χ4v) is 6.04. The first-order valence-electron chi connectivity index (χ1n) is 9.98. The van der Waals surface area contributed by atoms with E-state index in [0.717, 1.165) is 17.1 Å². The van der Waals surface area contributed by atoms with Gasteiger partial charge in [-0.3, -0.25) is 9.10 Å². The highest BCUT2D eigenvalue weighted by Gasteiger charge is 2.40. The molecular formula is C22H26N2O4S. The summed E-state index contributed by atoms with van der Waals surface area (Å²) in [4.78, 5) is 13.0. The van der Waals surface area contributed by atoms with Crippen molar-refractivity contribution in [2.75, 3.05) is 18.0 Å². The van der Waals surface area contributed by atoms with E-state index in [4.69, 9.17) is 4.74 Å². The van der Waals surface area contributed by atoms with E-state index in [-0.39, 0.29) is 23.4 Å². The van der Waals surface area contributed by atoms with Crippen molar-refractivity contribution < 1.29 is 17.9 Å². The topological polar surface area (TPSA) is 75.7 Å². The lowest BCUT2D eigenvalue weighted by atomic mass is 9.95. The standard InChI is InChI=1S/C22H26N2O4S/c1-28-19-7-5-6-18(14-19)24(29(26,27)20-8-3-2-4-9-20)15-22(25)23-21-13-16-10-11-17(21)12-16/h2-9,14,16-17,21H,10-13,15H2,1H3,(H,23,25)/t16-,17-,21+/m1/s1. The molecule has 0 saturated heterocycles. The molecule has 2 aromatic carbocycles. The van der Waals surface area contributed by atoms with Gasteiger partial charge in [0.2, 0.25) is 5.91 Å². The molecule has 2 fully saturated rings. The van der Waals surface area contributed by atoms with Crippen LogP contribution in [-0.4, -0.2) is 34.0 Å². The Hall–Kier alpha value is -2.54. The molecule has 0 heterocycles. The fourth-order valence-electron chi connectivity index (χ4n) is 4.60. The van der Waals surface area contributed by atoms with E-state index in [1.807, 2.05) is 0 Å². The van der Waals surface area contributed by atoms with Gasteiger partial charge in [-0.05, 0) is 55.4 Å². The molecule has 2 bridgehead atoms. The zero-order valence-electron chi connectivity index (χ0n) is 16.5. The Morgan fingerprint density at radius 3 is 2.55 bits per heavy atom. The fraction of sp³-hybridized carbons (Fsp3) is 0.409. The Bertz CT molecular complexity index is 977. The third-order valence-electron chi connectivity index (χ3n) is 6.04. The Balaban J connectivity index is 1.60. The summed E-state index contributed by atoms with van der Waals surface area (Å²) in [5, 5.41) is 3.09. The predicted molar refractivity (Wildman–Crippen MR) is 111 cm³/mol. The molecule has 154 valence electrons. The summed E-state index contributed by atoms with van der Waals surface area (Å²) < 4.78 is 33.1. The number of amides is 1. The average Bonchev–Trinajstić information content (AvgIpc) is 3.36. The van der Waals surface area contributed by atoms with Gasteiger partial charge in [0.25, 0.3) is 10.0 Å². The number of methoxy groups -OCH3 is 1. The number of rotatable bonds is 7. The van der Waals surface area contributed by atoms with Crippen molar-refractivity contribution in [3.8, 4) is 5.75 Å². The SMILES string of the molecule is COc1cccc(N(CC(=O)N[C@H]2C[C@@H]3CC[C@@H]2C3)S(=O)(=O)c2ccccc2)c1. The first-order valence-corrected chi connectivity index (χ1v) is 11.4. The normalized spacial score (nSPS) is 23.0. The third kappa shape index (κ3) is 4.10. The molecule has 2 aliphatic carbocycles. The van der Waals surface area contributed by atoms with Crippen molar-refractivity contribution in [2.24, 2.45) is 11.8 Å². The molecule has 29 heavy (non-hydrogen) atoms. The van der Waals surface area contributed by atoms with Crippen LogP contribution in [0.4, 0.5) is 5.69 Å². The molecule has 6 nitrogen and oxygen atoms in total. The van der Waals surface area contributed by atoms with Gasteiger partial charge in [0.15, 0.2) is 0 Å². The zero-order valence-corrected chi connectivity index (χ0v) is 17.3. The average molecular weight is 415 g/mol. The minimum absolute atomic E-state index is 0.149. The van der Waals surface area contributed by atoms with E-state index in [1.54, 1.807) is 42.5 Å². The summed E-state index contributed by atoms with van der Waals surface area (Å²) in [6, 6.07) is 15.1. The van der Waals surface area contributed by atoms with Crippen LogP contribution in [0, 0.1) is 11.8 Å². The minimum Gasteiger partial charge on any atom is -0.497 e. The van der Waals surface area contributed by atoms with Gasteiger partial charge in [0.1, 0.15) is 12.3 Å². The lowest BCUT2D eigenvalue weighted by molar-refractivity contribution is -0.120. The van der Waals surface area contributed by atoms with Crippen molar-refractivity contribution in [3.05, 3.63) is 54.6 Å². The molecule has 3 atom stereocenters. The van der Waals surface area contributed by atoms with E-state index >= 15 is 0 Å². The first-order chi connectivity index (χ1) is 14.0. The number of fused-ring (bicyclic) bond motifs is 2. The Kier molecular flexibility index (Phi) is 5.50. The van der Waals surface area contributed by atoms with Gasteiger partial charge in [-0.15, -0.1) is 0 Å². The minimum atomic E-state index is -3.90. The smallest absolute Gasteiger partial charge is 0.264 e. The maximum atomic E-state index is 13.3. The van der Waals surface area contributed by atoms with Crippen LogP contribution in [-0.2, 0) is 14.8 Å². The predicted octanol–water partition coefficient (Wildman–Crippen LogP) is 3.20. The van der Waals surface area contributed by atoms with Crippen molar-refractivity contribution >= 4 is 21.6 Å². The van der Waals surface area contributed by atoms with Crippen LogP contribution in [0.15, 0.2) is 59.5 Å². The lowest BCUT2D eigenvalue weighted by Crippen LogP contribution is -2.46. The number of benzene rings is 2. The van der Waals surface area contributed by atoms with Crippen molar-refractivity contribution in [1.82, 2.24) is 5.32 Å². The number of carbonyl (C=O) groups excluding carboxylic acids is 1. The molecule has 0 unspecified atom stereocenters. The Morgan fingerprint density at radius 1 is 1.10 bits per heavy atom. The quantitative estimate of drug-likeness (QED) is 0.755. The number of sulfonamides is 1. The van der Waals surface area contributed by atoms with Crippen LogP contribution in [0.2, 0.25) is 0 Å². The lowest BCUT2D eigenvalue weighted by Gasteiger charge is -2.27. The summed E-state index contributed by atoms with van der Waals surface area (Å²) in [6.07, 6.45) is 4.57. The number of anilines is 1. The third-order valence-corrected chi connectivity index (χ3v) is 7.83. The molecule has 2 aliphatic rings. The van der Waals surface area contributed by atoms with Crippen LogP contribution in [0.1, 0.15) is 25.7 Å². The summed E-state index contributed by atoms with van der Waals surface area (Å²) in [7, 11) is -2.38. The summed E-state index contributed by atoms with van der Waals surface area (Å²) >= 11 is 0. The Labute approximate surface area is 171 Å². The second-order valence-corrected chi connectivity index (χ2v) is 9.74. The van der Waals surface area contributed by atoms with Crippen molar-refractivity contribution in [2.45, 2.75) is 36.6 Å². The van der Waals surface area contributed by atoms with Gasteiger partial charge in [0, 0.05) is 12.1 Å². The monoisotopic (exact) mass is 414 g/mol. The number of nitrogens with one attached hydrogen (secondary N) is 1. The number of carbonyl (C=O) groups is 1. The van der Waals surface area contributed by atoms with E-state index in [2.05, 4.69) is 5.32 Å². The van der Waals surface area contributed by atoms with E-state index in [0.29, 0.717) is 23.3 Å². The molecule has 1 amide bonds. The summed E-state index contributed by atoms with van der Waals surface area (Å²) in [5.74, 6) is 1.49. The van der Waals surface area contributed by atoms with Gasteiger partial charge in [-0.25, -0.2) is 8.42 Å². The van der Waals surface area contributed by atoms with Crippen LogP contribution in [0.25, 0.3) is 0 Å². The first kappa shape index (κ1) is 19.8. The van der Waals surface area contributed by atoms with E-state index in [9.17, 15) is 13.2 Å². The largest absolute Gasteiger partial charge is 0.497 e. The van der Waals surface area contributed by atoms with E-state index in [1.165, 1.54) is 32.1 Å². The second kappa shape index (κ2) is 8.06. The summed E-state index contributed by atoms with van der Waals surface area (Å²) in [6.45, 7) is -0.266. The highest BCUT2D eigenvalue weighted by molar-refractivity contribution is 7.92. The maximum absolute atomic E-state index is 13.3. The molecule has 0 radical (unpaired) electrons. The molecular weight excluding hydrogens is 388 g/mol. The number of hydrogen-bond acceptors (Lipinski definition) is 4. The molecule has 2 aromatic rings. The van der Waals surface area contributed by atoms with Crippen molar-refractivity contribution in [3.63, 3.8) is 0 Å². The van der Waals surface area contributed by atoms with Gasteiger partial charge < -0.3 is 10.1 Å². The van der Waals surface area contributed by atoms with Gasteiger partial charge >= 0.3 is 0 Å². The van der Waals surface area contributed by atoms with Gasteiger partial charge in [-0.2, -0.15) is 0 Å². The highest BCUT2D eigenvalue weighted by Crippen LogP contribution is 2.44. The van der Waals surface area contributed by atoms with Crippen molar-refractivity contribution in [1.29, 1.82) is 0 Å². The van der Waals surface area contributed by atoms with Crippen LogP contribution in [0.3, 0.4) is 0 Å². The van der Waals surface area contributed by atoms with Crippen LogP contribution >= 0.6 is 0 Å². The number of hydrogen-bond donors (Lipinski definition) is 1. The second-order valence-electron chi connectivity index (χ2n) is 7.88. The van der Waals surface area contributed by atoms with Gasteiger partial charge in [0.05, 0.1) is 17.7 Å². The molecule has 2 saturated carbocycles. The maximum Gasteiger partial charge on any atom is 0.264 e. The molecule has 7 heteroatoms. The number of nitrogens with zero attached hydrogens (tertiary/aromatic N) is 1. The molecule has 0 spiro atoms. The zero-order chi connectivity index (χ0) is 20.4. The molecule has 0 aliphatic heterocycles. The summed E-state index contributed by atoms with van der Waals surface area (Å²) in [5.41, 5.74) is 0.399. The Morgan fingerprint density at radius 2 is 1.90 bits per heavy atom. The van der Waals surface area contributed by atoms with Crippen LogP contribution < -0.4 is 14.4 Å².